The lowest BCUT2D eigenvalue weighted by molar-refractivity contribution is 0.0806. The molecule has 0 heterocycles. The van der Waals surface area contributed by atoms with E-state index >= 15 is 0 Å². The van der Waals surface area contributed by atoms with E-state index in [2.05, 4.69) is 30.7 Å². The summed E-state index contributed by atoms with van der Waals surface area (Å²) in [6.45, 7) is 16.8. The first-order chi connectivity index (χ1) is 16.6. The van der Waals surface area contributed by atoms with Crippen molar-refractivity contribution >= 4 is 11.9 Å². The van der Waals surface area contributed by atoms with Crippen LogP contribution in [-0.2, 0) is 6.54 Å². The Labute approximate surface area is 208 Å². The molecule has 0 aliphatic carbocycles. The van der Waals surface area contributed by atoms with E-state index < -0.39 is 23.4 Å². The summed E-state index contributed by atoms with van der Waals surface area (Å²) >= 11 is 0. The molecule has 1 aromatic rings. The van der Waals surface area contributed by atoms with Crippen molar-refractivity contribution in [1.29, 1.82) is 0 Å². The molecule has 7 heteroatoms. The van der Waals surface area contributed by atoms with Crippen LogP contribution in [0.1, 0.15) is 68.4 Å². The van der Waals surface area contributed by atoms with Gasteiger partial charge in [0.05, 0.1) is 0 Å². The predicted octanol–water partition coefficient (Wildman–Crippen LogP) is 7.15. The number of amides is 3. The summed E-state index contributed by atoms with van der Waals surface area (Å²) in [7, 11) is 0. The second-order valence-corrected chi connectivity index (χ2v) is 8.34. The fourth-order valence-corrected chi connectivity index (χ4v) is 3.46. The van der Waals surface area contributed by atoms with E-state index in [0.717, 1.165) is 47.7 Å². The van der Waals surface area contributed by atoms with Gasteiger partial charge in [0.2, 0.25) is 0 Å². The number of allylic oxidation sites excluding steroid dienone is 6. The maximum atomic E-state index is 13.6. The molecule has 35 heavy (non-hydrogen) atoms. The Morgan fingerprint density at radius 2 is 1.86 bits per heavy atom. The fraction of sp³-hybridized carbons (Fsp3) is 0.357. The molecule has 2 N–H and O–H groups in total. The maximum Gasteiger partial charge on any atom is 0.319 e. The second-order valence-electron chi connectivity index (χ2n) is 8.34. The number of carbonyl (C=O) groups is 2. The molecule has 0 spiro atoms. The Morgan fingerprint density at radius 1 is 1.17 bits per heavy atom. The Hall–Kier alpha value is -3.48. The monoisotopic (exact) mass is 485 g/mol. The molecule has 0 bridgehead atoms. The average molecular weight is 486 g/mol. The third kappa shape index (κ3) is 9.00. The smallest absolute Gasteiger partial charge is 0.319 e. The highest BCUT2D eigenvalue weighted by Crippen LogP contribution is 2.21. The van der Waals surface area contributed by atoms with Crippen LogP contribution < -0.4 is 10.6 Å². The number of aryl methyl sites for hydroxylation is 1. The van der Waals surface area contributed by atoms with Crippen molar-refractivity contribution < 1.29 is 18.4 Å². The van der Waals surface area contributed by atoms with E-state index in [1.54, 1.807) is 12.1 Å². The molecule has 0 saturated heterocycles. The normalized spacial score (nSPS) is 11.5. The van der Waals surface area contributed by atoms with Gasteiger partial charge in [0.25, 0.3) is 5.91 Å². The Morgan fingerprint density at radius 3 is 2.37 bits per heavy atom. The number of rotatable bonds is 12. The van der Waals surface area contributed by atoms with Crippen LogP contribution in [0.5, 0.6) is 0 Å². The highest BCUT2D eigenvalue weighted by Gasteiger charge is 2.21. The quantitative estimate of drug-likeness (QED) is 0.244. The Kier molecular flexibility index (Phi) is 12.4. The van der Waals surface area contributed by atoms with Gasteiger partial charge < -0.3 is 15.5 Å². The molecule has 0 aliphatic heterocycles. The zero-order valence-electron chi connectivity index (χ0n) is 21.4. The molecule has 0 aromatic heterocycles. The number of urea groups is 1. The number of nitrogens with one attached hydrogen (secondary N) is 2. The maximum absolute atomic E-state index is 13.6. The van der Waals surface area contributed by atoms with Crippen LogP contribution >= 0.6 is 0 Å². The summed E-state index contributed by atoms with van der Waals surface area (Å²) in [5, 5.41) is 4.63. The predicted molar refractivity (Wildman–Crippen MR) is 139 cm³/mol. The van der Waals surface area contributed by atoms with Crippen molar-refractivity contribution in [2.24, 2.45) is 0 Å². The van der Waals surface area contributed by atoms with Gasteiger partial charge in [-0.3, -0.25) is 4.79 Å². The molecular weight excluding hydrogens is 448 g/mol. The molecule has 0 radical (unpaired) electrons. The summed E-state index contributed by atoms with van der Waals surface area (Å²) in [5.41, 5.74) is 3.34. The summed E-state index contributed by atoms with van der Waals surface area (Å²) in [6.07, 6.45) is 7.65. The lowest BCUT2D eigenvalue weighted by Gasteiger charge is -2.26. The van der Waals surface area contributed by atoms with Crippen LogP contribution in [0.3, 0.4) is 0 Å². The van der Waals surface area contributed by atoms with Gasteiger partial charge in [0.1, 0.15) is 17.4 Å². The van der Waals surface area contributed by atoms with E-state index in [-0.39, 0.29) is 12.5 Å². The van der Waals surface area contributed by atoms with E-state index in [4.69, 9.17) is 0 Å². The molecule has 0 aliphatic rings. The van der Waals surface area contributed by atoms with Gasteiger partial charge in [-0.05, 0) is 63.5 Å². The molecular formula is C28H37F2N3O2. The largest absolute Gasteiger partial charge is 0.334 e. The van der Waals surface area contributed by atoms with Gasteiger partial charge in [-0.25, -0.2) is 13.6 Å². The second kappa shape index (κ2) is 14.7. The van der Waals surface area contributed by atoms with Crippen LogP contribution in [0.2, 0.25) is 0 Å². The molecule has 1 rings (SSSR count). The molecule has 0 atom stereocenters. The van der Waals surface area contributed by atoms with Crippen LogP contribution in [-0.4, -0.2) is 23.4 Å². The summed E-state index contributed by atoms with van der Waals surface area (Å²) in [6, 6.07) is 4.50. The third-order valence-corrected chi connectivity index (χ3v) is 5.26. The molecule has 5 nitrogen and oxygen atoms in total. The first kappa shape index (κ1) is 29.6. The van der Waals surface area contributed by atoms with Crippen molar-refractivity contribution in [3.63, 3.8) is 0 Å². The third-order valence-electron chi connectivity index (χ3n) is 5.26. The zero-order valence-corrected chi connectivity index (χ0v) is 21.4. The van der Waals surface area contributed by atoms with Gasteiger partial charge in [-0.1, -0.05) is 56.7 Å². The number of halogens is 2. The molecule has 3 amide bonds. The van der Waals surface area contributed by atoms with Gasteiger partial charge in [0.15, 0.2) is 0 Å². The van der Waals surface area contributed by atoms with E-state index in [1.165, 1.54) is 0 Å². The van der Waals surface area contributed by atoms with Crippen LogP contribution in [0.25, 0.3) is 0 Å². The standard InChI is InChI=1S/C28H37F2N3O2/c1-8-11-12-16-33(25(13-9-2)19(4)5)27(34)23-15-14-22(17-20(23)6)18-31-28(35)32-26(21(7)29)24(30)10-3/h9-10,13-15,17H,3,7-8,11-12,16,18H2,1-2,4-6H3,(H2,31,32,35)/b13-9-,26-24-. The summed E-state index contributed by atoms with van der Waals surface area (Å²) in [5.74, 6) is -2.22. The van der Waals surface area contributed by atoms with Crippen molar-refractivity contribution in [3.05, 3.63) is 94.9 Å². The van der Waals surface area contributed by atoms with E-state index in [1.807, 2.05) is 50.8 Å². The van der Waals surface area contributed by atoms with Crippen LogP contribution in [0, 0.1) is 6.92 Å². The van der Waals surface area contributed by atoms with Gasteiger partial charge in [-0.2, -0.15) is 0 Å². The van der Waals surface area contributed by atoms with Gasteiger partial charge in [0, 0.05) is 24.4 Å². The zero-order chi connectivity index (χ0) is 26.5. The number of nitrogens with zero attached hydrogens (tertiary/aromatic N) is 1. The Balaban J connectivity index is 3.06. The molecule has 0 fully saturated rings. The summed E-state index contributed by atoms with van der Waals surface area (Å²) in [4.78, 5) is 27.4. The highest BCUT2D eigenvalue weighted by atomic mass is 19.1. The van der Waals surface area contributed by atoms with E-state index in [9.17, 15) is 18.4 Å². The topological polar surface area (TPSA) is 61.4 Å². The molecule has 0 saturated carbocycles. The number of carbonyl (C=O) groups excluding carboxylic acids is 2. The van der Waals surface area contributed by atoms with Gasteiger partial charge >= 0.3 is 6.03 Å². The number of hydrogen-bond donors (Lipinski definition) is 2. The summed E-state index contributed by atoms with van der Waals surface area (Å²) < 4.78 is 27.0. The first-order valence-corrected chi connectivity index (χ1v) is 11.7. The first-order valence-electron chi connectivity index (χ1n) is 11.7. The number of unbranched alkanes of at least 4 members (excludes halogenated alkanes) is 2. The number of hydrogen-bond acceptors (Lipinski definition) is 2. The lowest BCUT2D eigenvalue weighted by Crippen LogP contribution is -2.35. The minimum absolute atomic E-state index is 0.0821. The Bertz CT molecular complexity index is 1030. The van der Waals surface area contributed by atoms with Crippen LogP contribution in [0.15, 0.2) is 78.2 Å². The van der Waals surface area contributed by atoms with Gasteiger partial charge in [-0.15, -0.1) is 0 Å². The van der Waals surface area contributed by atoms with Crippen molar-refractivity contribution in [2.45, 2.75) is 60.4 Å². The number of benzene rings is 1. The minimum Gasteiger partial charge on any atom is -0.334 e. The van der Waals surface area contributed by atoms with Crippen molar-refractivity contribution in [1.82, 2.24) is 15.5 Å². The van der Waals surface area contributed by atoms with E-state index in [0.29, 0.717) is 12.1 Å². The molecule has 190 valence electrons. The fourth-order valence-electron chi connectivity index (χ4n) is 3.46. The van der Waals surface area contributed by atoms with Crippen molar-refractivity contribution in [2.75, 3.05) is 6.54 Å². The molecule has 0 unspecified atom stereocenters. The van der Waals surface area contributed by atoms with Crippen molar-refractivity contribution in [3.8, 4) is 0 Å². The molecule has 1 aromatic carbocycles. The SMILES string of the molecule is C=C/C(F)=C(/NC(=O)NCc1ccc(C(=O)N(CCCCC)C(/C=C\C)=C(C)C)c(C)c1)C(=C)F. The van der Waals surface area contributed by atoms with Crippen LogP contribution in [0.4, 0.5) is 13.6 Å². The average Bonchev–Trinajstić information content (AvgIpc) is 2.81. The highest BCUT2D eigenvalue weighted by molar-refractivity contribution is 5.97. The minimum atomic E-state index is -1.12. The lowest BCUT2D eigenvalue weighted by atomic mass is 10.0.